The van der Waals surface area contributed by atoms with Gasteiger partial charge in [0.2, 0.25) is 0 Å². The van der Waals surface area contributed by atoms with Crippen LogP contribution in [0.4, 0.5) is 0 Å². The average molecular weight is 215 g/mol. The van der Waals surface area contributed by atoms with E-state index in [4.69, 9.17) is 0 Å². The van der Waals surface area contributed by atoms with Gasteiger partial charge in [-0.1, -0.05) is 4.49 Å². The summed E-state index contributed by atoms with van der Waals surface area (Å²) < 4.78 is 3.87. The Bertz CT molecular complexity index is 230. The molecule has 1 aliphatic rings. The van der Waals surface area contributed by atoms with Crippen LogP contribution in [-0.2, 0) is 6.54 Å². The Labute approximate surface area is 86.7 Å². The molecule has 1 aromatic heterocycles. The molecule has 13 heavy (non-hydrogen) atoms. The molecule has 2 heterocycles. The fourth-order valence-electron chi connectivity index (χ4n) is 1.44. The Morgan fingerprint density at radius 1 is 1.38 bits per heavy atom. The number of hydrogen-bond donors (Lipinski definition) is 0. The summed E-state index contributed by atoms with van der Waals surface area (Å²) in [5.74, 6) is 2.57. The van der Waals surface area contributed by atoms with Crippen LogP contribution in [0.1, 0.15) is 12.1 Å². The zero-order valence-electron chi connectivity index (χ0n) is 7.48. The van der Waals surface area contributed by atoms with E-state index in [1.165, 1.54) is 42.5 Å². The van der Waals surface area contributed by atoms with Crippen molar-refractivity contribution in [1.29, 1.82) is 0 Å². The van der Waals surface area contributed by atoms with Crippen molar-refractivity contribution in [3.63, 3.8) is 0 Å². The van der Waals surface area contributed by atoms with Gasteiger partial charge in [0, 0.05) is 24.2 Å². The lowest BCUT2D eigenvalue weighted by molar-refractivity contribution is 0.284. The van der Waals surface area contributed by atoms with Crippen LogP contribution in [0.25, 0.3) is 0 Å². The first-order valence-electron chi connectivity index (χ1n) is 4.51. The molecule has 0 bridgehead atoms. The van der Waals surface area contributed by atoms with Crippen LogP contribution in [0.5, 0.6) is 0 Å². The summed E-state index contributed by atoms with van der Waals surface area (Å²) in [6, 6.07) is 0. The highest BCUT2D eigenvalue weighted by Gasteiger charge is 2.10. The average Bonchev–Trinajstić information content (AvgIpc) is 2.49. The van der Waals surface area contributed by atoms with Crippen molar-refractivity contribution < 1.29 is 0 Å². The molecule has 5 heteroatoms. The summed E-state index contributed by atoms with van der Waals surface area (Å²) in [6.45, 7) is 3.39. The number of hydrogen-bond acceptors (Lipinski definition) is 5. The standard InChI is InChI=1S/C8H13N3S2/c1-2-11(3-5-12-4-1)6-8-7-13-10-9-8/h7H,1-6H2. The van der Waals surface area contributed by atoms with E-state index in [1.807, 2.05) is 5.38 Å². The molecule has 1 fully saturated rings. The summed E-state index contributed by atoms with van der Waals surface area (Å²) >= 11 is 3.50. The molecule has 0 spiro atoms. The number of nitrogens with zero attached hydrogens (tertiary/aromatic N) is 3. The van der Waals surface area contributed by atoms with Crippen molar-refractivity contribution >= 4 is 23.3 Å². The van der Waals surface area contributed by atoms with Crippen molar-refractivity contribution in [3.05, 3.63) is 11.1 Å². The van der Waals surface area contributed by atoms with Gasteiger partial charge in [-0.3, -0.25) is 4.90 Å². The first-order chi connectivity index (χ1) is 6.45. The van der Waals surface area contributed by atoms with E-state index in [2.05, 4.69) is 26.2 Å². The van der Waals surface area contributed by atoms with Gasteiger partial charge < -0.3 is 0 Å². The fourth-order valence-corrected chi connectivity index (χ4v) is 2.80. The molecule has 1 saturated heterocycles. The van der Waals surface area contributed by atoms with Gasteiger partial charge >= 0.3 is 0 Å². The highest BCUT2D eigenvalue weighted by Crippen LogP contribution is 2.12. The maximum atomic E-state index is 4.06. The molecule has 0 N–H and O–H groups in total. The van der Waals surface area contributed by atoms with E-state index in [0.717, 1.165) is 12.2 Å². The normalized spacial score (nSPS) is 20.0. The molecule has 0 saturated carbocycles. The SMILES string of the molecule is c1snnc1CN1CCCSCC1. The van der Waals surface area contributed by atoms with Crippen LogP contribution in [-0.4, -0.2) is 39.1 Å². The summed E-state index contributed by atoms with van der Waals surface area (Å²) in [5, 5.41) is 6.10. The molecule has 0 unspecified atom stereocenters. The zero-order valence-corrected chi connectivity index (χ0v) is 9.11. The van der Waals surface area contributed by atoms with Crippen LogP contribution in [0.15, 0.2) is 5.38 Å². The Morgan fingerprint density at radius 3 is 3.23 bits per heavy atom. The zero-order chi connectivity index (χ0) is 8.93. The smallest absolute Gasteiger partial charge is 0.0895 e. The molecule has 72 valence electrons. The Kier molecular flexibility index (Phi) is 3.57. The second kappa shape index (κ2) is 4.93. The molecular weight excluding hydrogens is 202 g/mol. The van der Waals surface area contributed by atoms with Crippen molar-refractivity contribution in [2.24, 2.45) is 0 Å². The van der Waals surface area contributed by atoms with Gasteiger partial charge in [-0.15, -0.1) is 5.10 Å². The predicted octanol–water partition coefficient (Wildman–Crippen LogP) is 1.48. The summed E-state index contributed by atoms with van der Waals surface area (Å²) in [5.41, 5.74) is 1.12. The second-order valence-electron chi connectivity index (χ2n) is 3.14. The van der Waals surface area contributed by atoms with Gasteiger partial charge in [-0.2, -0.15) is 11.8 Å². The van der Waals surface area contributed by atoms with Crippen LogP contribution >= 0.6 is 23.3 Å². The quantitative estimate of drug-likeness (QED) is 0.747. The third-order valence-corrected chi connectivity index (χ3v) is 3.71. The third-order valence-electron chi connectivity index (χ3n) is 2.11. The number of thioether (sulfide) groups is 1. The Balaban J connectivity index is 1.86. The van der Waals surface area contributed by atoms with Crippen molar-refractivity contribution in [3.8, 4) is 0 Å². The first kappa shape index (κ1) is 9.43. The molecule has 0 aromatic carbocycles. The minimum atomic E-state index is 0.983. The first-order valence-corrected chi connectivity index (χ1v) is 6.50. The maximum Gasteiger partial charge on any atom is 0.0895 e. The molecule has 1 aliphatic heterocycles. The van der Waals surface area contributed by atoms with Crippen molar-refractivity contribution in [1.82, 2.24) is 14.5 Å². The monoisotopic (exact) mass is 215 g/mol. The number of rotatable bonds is 2. The topological polar surface area (TPSA) is 29.0 Å². The molecule has 0 amide bonds. The molecule has 2 rings (SSSR count). The molecular formula is C8H13N3S2. The van der Waals surface area contributed by atoms with Crippen LogP contribution in [0, 0.1) is 0 Å². The Hall–Kier alpha value is -0.130. The molecule has 0 atom stereocenters. The lowest BCUT2D eigenvalue weighted by Gasteiger charge is -2.17. The molecule has 0 radical (unpaired) electrons. The third kappa shape index (κ3) is 2.93. The Morgan fingerprint density at radius 2 is 2.38 bits per heavy atom. The lowest BCUT2D eigenvalue weighted by Crippen LogP contribution is -2.25. The van der Waals surface area contributed by atoms with E-state index < -0.39 is 0 Å². The second-order valence-corrected chi connectivity index (χ2v) is 4.97. The van der Waals surface area contributed by atoms with Crippen molar-refractivity contribution in [2.75, 3.05) is 24.6 Å². The van der Waals surface area contributed by atoms with Crippen molar-refractivity contribution in [2.45, 2.75) is 13.0 Å². The van der Waals surface area contributed by atoms with E-state index >= 15 is 0 Å². The summed E-state index contributed by atoms with van der Waals surface area (Å²) in [7, 11) is 0. The van der Waals surface area contributed by atoms with Gasteiger partial charge in [0.25, 0.3) is 0 Å². The maximum absolute atomic E-state index is 4.06. The molecule has 0 aliphatic carbocycles. The van der Waals surface area contributed by atoms with Gasteiger partial charge in [-0.05, 0) is 30.3 Å². The van der Waals surface area contributed by atoms with E-state index in [0.29, 0.717) is 0 Å². The van der Waals surface area contributed by atoms with E-state index in [-0.39, 0.29) is 0 Å². The minimum absolute atomic E-state index is 0.983. The fraction of sp³-hybridized carbons (Fsp3) is 0.750. The van der Waals surface area contributed by atoms with Crippen LogP contribution < -0.4 is 0 Å². The number of aromatic nitrogens is 2. The van der Waals surface area contributed by atoms with Crippen LogP contribution in [0.3, 0.4) is 0 Å². The van der Waals surface area contributed by atoms with Gasteiger partial charge in [-0.25, -0.2) is 0 Å². The van der Waals surface area contributed by atoms with E-state index in [1.54, 1.807) is 0 Å². The minimum Gasteiger partial charge on any atom is -0.297 e. The van der Waals surface area contributed by atoms with Gasteiger partial charge in [0.05, 0.1) is 5.69 Å². The van der Waals surface area contributed by atoms with Gasteiger partial charge in [0.15, 0.2) is 0 Å². The summed E-state index contributed by atoms with van der Waals surface area (Å²) in [4.78, 5) is 2.47. The van der Waals surface area contributed by atoms with E-state index in [9.17, 15) is 0 Å². The van der Waals surface area contributed by atoms with Crippen LogP contribution in [0.2, 0.25) is 0 Å². The largest absolute Gasteiger partial charge is 0.297 e. The highest BCUT2D eigenvalue weighted by atomic mass is 32.2. The predicted molar refractivity (Wildman–Crippen MR) is 57.1 cm³/mol. The molecule has 3 nitrogen and oxygen atoms in total. The van der Waals surface area contributed by atoms with Gasteiger partial charge in [0.1, 0.15) is 0 Å². The summed E-state index contributed by atoms with van der Waals surface area (Å²) in [6.07, 6.45) is 1.31. The highest BCUT2D eigenvalue weighted by molar-refractivity contribution is 7.99. The lowest BCUT2D eigenvalue weighted by atomic mass is 10.3. The molecule has 1 aromatic rings.